The lowest BCUT2D eigenvalue weighted by Crippen LogP contribution is -2.37. The van der Waals surface area contributed by atoms with Crippen LogP contribution in [0.15, 0.2) is 162 Å². The fourth-order valence-corrected chi connectivity index (χ4v) is 9.24. The van der Waals surface area contributed by atoms with Gasteiger partial charge in [0.1, 0.15) is 11.2 Å². The van der Waals surface area contributed by atoms with Gasteiger partial charge >= 0.3 is 0 Å². The quantitative estimate of drug-likeness (QED) is 0.181. The number of fused-ring (bicyclic) bond motifs is 10. The van der Waals surface area contributed by atoms with Crippen molar-refractivity contribution in [2.24, 2.45) is 5.41 Å². The Morgan fingerprint density at radius 3 is 1.70 bits per heavy atom. The maximum absolute atomic E-state index is 6.45. The van der Waals surface area contributed by atoms with Crippen LogP contribution in [0.1, 0.15) is 38.8 Å². The Morgan fingerprint density at radius 1 is 0.464 bits per heavy atom. The third-order valence-corrected chi connectivity index (χ3v) is 12.3. The highest BCUT2D eigenvalue weighted by molar-refractivity contribution is 6.12. The summed E-state index contributed by atoms with van der Waals surface area (Å²) in [4.78, 5) is 15.4. The summed E-state index contributed by atoms with van der Waals surface area (Å²) in [6, 6.07) is 55.5. The maximum Gasteiger partial charge on any atom is 0.238 e. The Kier molecular flexibility index (Phi) is 6.88. The van der Waals surface area contributed by atoms with E-state index in [2.05, 4.69) is 172 Å². The summed E-state index contributed by atoms with van der Waals surface area (Å²) >= 11 is 0. The molecule has 0 bridgehead atoms. The number of benzene rings is 7. The first kappa shape index (κ1) is 32.6. The molecule has 0 N–H and O–H groups in total. The van der Waals surface area contributed by atoms with Crippen LogP contribution in [0.2, 0.25) is 0 Å². The molecule has 56 heavy (non-hydrogen) atoms. The van der Waals surface area contributed by atoms with Crippen LogP contribution in [-0.4, -0.2) is 19.5 Å². The minimum absolute atomic E-state index is 0.113. The van der Waals surface area contributed by atoms with Crippen molar-refractivity contribution in [1.82, 2.24) is 19.5 Å². The second kappa shape index (κ2) is 11.8. The number of aromatic nitrogens is 4. The van der Waals surface area contributed by atoms with Gasteiger partial charge in [-0.3, -0.25) is 4.57 Å². The van der Waals surface area contributed by atoms with Crippen molar-refractivity contribution in [2.75, 3.05) is 0 Å². The number of hydrogen-bond donors (Lipinski definition) is 0. The van der Waals surface area contributed by atoms with E-state index in [-0.39, 0.29) is 10.8 Å². The van der Waals surface area contributed by atoms with E-state index in [0.717, 1.165) is 49.7 Å². The van der Waals surface area contributed by atoms with E-state index in [1.807, 2.05) is 18.2 Å². The highest BCUT2D eigenvalue weighted by Crippen LogP contribution is 2.61. The summed E-state index contributed by atoms with van der Waals surface area (Å²) < 4.78 is 8.61. The van der Waals surface area contributed by atoms with E-state index in [9.17, 15) is 0 Å². The maximum atomic E-state index is 6.45. The fraction of sp³-hybridized carbons (Fsp3) is 0.118. The average Bonchev–Trinajstić information content (AvgIpc) is 3.87. The standard InChI is InChI=1S/C51H38N4O/c1-50(2,3)51(4)45-34(20-14-21-37(45)38-29-30-43-44(46(38)51)39-19-10-13-24-42(39)56-43)31-25-27-33(28-26-31)48-52-47(32-15-6-5-7-16-32)53-49(54-48)55-40-22-11-8-17-35(40)36-18-9-12-23-41(36)55/h5-30H,1-4H3. The van der Waals surface area contributed by atoms with Crippen molar-refractivity contribution >= 4 is 43.7 Å². The summed E-state index contributed by atoms with van der Waals surface area (Å²) in [5.41, 5.74) is 13.1. The van der Waals surface area contributed by atoms with Gasteiger partial charge in [0.05, 0.1) is 11.0 Å². The topological polar surface area (TPSA) is 56.7 Å². The van der Waals surface area contributed by atoms with Crippen molar-refractivity contribution in [3.8, 4) is 51.0 Å². The molecule has 1 unspecified atom stereocenters. The van der Waals surface area contributed by atoms with Crippen LogP contribution in [0.5, 0.6) is 0 Å². The second-order valence-corrected chi connectivity index (χ2v) is 16.2. The SMILES string of the molecule is CC(C)(C)C1(C)c2c(-c3ccc(-c4nc(-c5ccccc5)nc(-n5c6ccccc6c6ccccc65)n4)cc3)cccc2-c2ccc3oc4ccccc4c3c21. The number of rotatable bonds is 4. The van der Waals surface area contributed by atoms with Crippen LogP contribution in [0.4, 0.5) is 0 Å². The first-order valence-electron chi connectivity index (χ1n) is 19.3. The monoisotopic (exact) mass is 722 g/mol. The third kappa shape index (κ3) is 4.58. The lowest BCUT2D eigenvalue weighted by Gasteiger charge is -2.42. The van der Waals surface area contributed by atoms with Crippen molar-refractivity contribution in [2.45, 2.75) is 33.1 Å². The zero-order valence-corrected chi connectivity index (χ0v) is 31.7. The molecule has 7 aromatic carbocycles. The third-order valence-electron chi connectivity index (χ3n) is 12.3. The number of nitrogens with zero attached hydrogens (tertiary/aromatic N) is 4. The summed E-state index contributed by atoms with van der Waals surface area (Å²) in [7, 11) is 0. The minimum atomic E-state index is -0.310. The average molecular weight is 723 g/mol. The molecule has 0 aliphatic heterocycles. The zero-order chi connectivity index (χ0) is 37.8. The molecule has 0 radical (unpaired) electrons. The first-order chi connectivity index (χ1) is 27.3. The smallest absolute Gasteiger partial charge is 0.238 e. The summed E-state index contributed by atoms with van der Waals surface area (Å²) in [5, 5.41) is 4.71. The lowest BCUT2D eigenvalue weighted by molar-refractivity contribution is 0.257. The molecule has 1 aliphatic carbocycles. The van der Waals surface area contributed by atoms with Gasteiger partial charge in [-0.15, -0.1) is 0 Å². The van der Waals surface area contributed by atoms with Gasteiger partial charge in [0, 0.05) is 38.1 Å². The van der Waals surface area contributed by atoms with E-state index in [4.69, 9.17) is 19.4 Å². The van der Waals surface area contributed by atoms with Gasteiger partial charge in [-0.2, -0.15) is 9.97 Å². The Labute approximate surface area is 324 Å². The second-order valence-electron chi connectivity index (χ2n) is 16.2. The van der Waals surface area contributed by atoms with Crippen molar-refractivity contribution in [3.05, 3.63) is 169 Å². The molecule has 3 heterocycles. The van der Waals surface area contributed by atoms with Crippen molar-refractivity contribution < 1.29 is 4.42 Å². The normalized spacial score (nSPS) is 15.2. The van der Waals surface area contributed by atoms with Gasteiger partial charge in [-0.25, -0.2) is 4.98 Å². The molecule has 1 atom stereocenters. The zero-order valence-electron chi connectivity index (χ0n) is 31.7. The van der Waals surface area contributed by atoms with Crippen LogP contribution in [0.3, 0.4) is 0 Å². The molecule has 0 spiro atoms. The molecule has 3 aromatic heterocycles. The van der Waals surface area contributed by atoms with E-state index >= 15 is 0 Å². The molecule has 10 aromatic rings. The molecular weight excluding hydrogens is 685 g/mol. The molecule has 0 amide bonds. The van der Waals surface area contributed by atoms with Crippen LogP contribution in [-0.2, 0) is 5.41 Å². The summed E-state index contributed by atoms with van der Waals surface area (Å²) in [5.74, 6) is 1.85. The van der Waals surface area contributed by atoms with Crippen LogP contribution in [0, 0.1) is 5.41 Å². The van der Waals surface area contributed by atoms with Crippen molar-refractivity contribution in [1.29, 1.82) is 0 Å². The van der Waals surface area contributed by atoms with Crippen molar-refractivity contribution in [3.63, 3.8) is 0 Å². The predicted molar refractivity (Wildman–Crippen MR) is 229 cm³/mol. The molecular formula is C51H38N4O. The van der Waals surface area contributed by atoms with E-state index in [1.165, 1.54) is 38.6 Å². The van der Waals surface area contributed by atoms with Gasteiger partial charge in [0.2, 0.25) is 5.95 Å². The number of furan rings is 1. The molecule has 0 saturated heterocycles. The van der Waals surface area contributed by atoms with E-state index in [1.54, 1.807) is 0 Å². The predicted octanol–water partition coefficient (Wildman–Crippen LogP) is 13.2. The summed E-state index contributed by atoms with van der Waals surface area (Å²) in [6.45, 7) is 9.54. The summed E-state index contributed by atoms with van der Waals surface area (Å²) in [6.07, 6.45) is 0. The molecule has 5 nitrogen and oxygen atoms in total. The van der Waals surface area contributed by atoms with E-state index < -0.39 is 0 Å². The fourth-order valence-electron chi connectivity index (χ4n) is 9.24. The van der Waals surface area contributed by atoms with Gasteiger partial charge in [0.15, 0.2) is 11.6 Å². The Balaban J connectivity index is 1.08. The Morgan fingerprint density at radius 2 is 1.02 bits per heavy atom. The van der Waals surface area contributed by atoms with E-state index in [0.29, 0.717) is 17.6 Å². The Bertz CT molecular complexity index is 3130. The molecule has 11 rings (SSSR count). The molecule has 0 saturated carbocycles. The Hall–Kier alpha value is -6.85. The minimum Gasteiger partial charge on any atom is -0.456 e. The largest absolute Gasteiger partial charge is 0.456 e. The van der Waals surface area contributed by atoms with Gasteiger partial charge in [0.25, 0.3) is 0 Å². The van der Waals surface area contributed by atoms with Gasteiger partial charge < -0.3 is 4.42 Å². The van der Waals surface area contributed by atoms with Crippen LogP contribution in [0.25, 0.3) is 94.7 Å². The van der Waals surface area contributed by atoms with Crippen LogP contribution < -0.4 is 0 Å². The molecule has 5 heteroatoms. The lowest BCUT2D eigenvalue weighted by atomic mass is 9.60. The van der Waals surface area contributed by atoms with Gasteiger partial charge in [-0.05, 0) is 63.1 Å². The molecule has 268 valence electrons. The highest BCUT2D eigenvalue weighted by Gasteiger charge is 2.50. The molecule has 0 fully saturated rings. The molecule has 1 aliphatic rings. The number of hydrogen-bond acceptors (Lipinski definition) is 4. The highest BCUT2D eigenvalue weighted by atomic mass is 16.3. The first-order valence-corrected chi connectivity index (χ1v) is 19.3. The number of para-hydroxylation sites is 3. The van der Waals surface area contributed by atoms with Gasteiger partial charge in [-0.1, -0.05) is 161 Å². The van der Waals surface area contributed by atoms with Crippen LogP contribution >= 0.6 is 0 Å².